The Hall–Kier alpha value is -3.10. The van der Waals surface area contributed by atoms with Crippen molar-refractivity contribution < 1.29 is 14.4 Å². The molecule has 3 amide bonds. The van der Waals surface area contributed by atoms with Gasteiger partial charge in [0.05, 0.1) is 6.42 Å². The van der Waals surface area contributed by atoms with Gasteiger partial charge in [0.15, 0.2) is 6.17 Å². The van der Waals surface area contributed by atoms with Crippen LogP contribution < -0.4 is 10.6 Å². The molecule has 3 aliphatic rings. The van der Waals surface area contributed by atoms with Gasteiger partial charge in [-0.05, 0) is 75.0 Å². The molecule has 1 atom stereocenters. The molecule has 39 heavy (non-hydrogen) atoms. The molecule has 3 fully saturated rings. The Kier molecular flexibility index (Phi) is 8.43. The zero-order valence-corrected chi connectivity index (χ0v) is 23.1. The summed E-state index contributed by atoms with van der Waals surface area (Å²) in [5.41, 5.74) is 6.88. The van der Waals surface area contributed by atoms with Gasteiger partial charge in [-0.25, -0.2) is 0 Å². The van der Waals surface area contributed by atoms with Crippen molar-refractivity contribution in [3.8, 4) is 0 Å². The van der Waals surface area contributed by atoms with Crippen molar-refractivity contribution in [1.82, 2.24) is 14.7 Å². The van der Waals surface area contributed by atoms with Crippen LogP contribution in [-0.4, -0.2) is 83.4 Å². The molecule has 0 aromatic heterocycles. The lowest BCUT2D eigenvalue weighted by Gasteiger charge is -2.44. The number of piperidine rings is 2. The van der Waals surface area contributed by atoms with Crippen LogP contribution in [-0.2, 0) is 20.8 Å². The van der Waals surface area contributed by atoms with Crippen molar-refractivity contribution in [2.24, 2.45) is 5.73 Å². The average molecular weight is 551 g/mol. The number of anilines is 1. The minimum Gasteiger partial charge on any atom is -0.366 e. The third-order valence-corrected chi connectivity index (χ3v) is 8.63. The lowest BCUT2D eigenvalue weighted by atomic mass is 9.85. The van der Waals surface area contributed by atoms with Crippen molar-refractivity contribution in [2.45, 2.75) is 50.2 Å². The van der Waals surface area contributed by atoms with Crippen molar-refractivity contribution in [3.05, 3.63) is 71.6 Å². The van der Waals surface area contributed by atoms with Crippen molar-refractivity contribution in [2.75, 3.05) is 44.2 Å². The van der Waals surface area contributed by atoms with Crippen LogP contribution in [0.15, 0.2) is 54.6 Å². The van der Waals surface area contributed by atoms with E-state index in [4.69, 9.17) is 17.3 Å². The van der Waals surface area contributed by atoms with Gasteiger partial charge < -0.3 is 25.3 Å². The summed E-state index contributed by atoms with van der Waals surface area (Å²) in [4.78, 5) is 48.0. The van der Waals surface area contributed by atoms with Crippen LogP contribution in [0.3, 0.4) is 0 Å². The number of para-hydroxylation sites is 1. The van der Waals surface area contributed by atoms with E-state index in [1.807, 2.05) is 59.5 Å². The number of likely N-dealkylation sites (tertiary alicyclic amines) is 2. The smallest absolute Gasteiger partial charge is 0.261 e. The van der Waals surface area contributed by atoms with Gasteiger partial charge in [0.25, 0.3) is 11.8 Å². The van der Waals surface area contributed by atoms with Gasteiger partial charge in [0.2, 0.25) is 5.91 Å². The Morgan fingerprint density at radius 1 is 0.923 bits per heavy atom. The average Bonchev–Trinajstić information content (AvgIpc) is 3.20. The molecule has 3 heterocycles. The van der Waals surface area contributed by atoms with Gasteiger partial charge in [-0.15, -0.1) is 0 Å². The highest BCUT2D eigenvalue weighted by atomic mass is 35.5. The van der Waals surface area contributed by atoms with E-state index < -0.39 is 17.6 Å². The number of rotatable bonds is 8. The van der Waals surface area contributed by atoms with Crippen molar-refractivity contribution in [1.29, 1.82) is 0 Å². The monoisotopic (exact) mass is 550 g/mol. The number of amides is 3. The molecule has 0 unspecified atom stereocenters. The Labute approximate surface area is 235 Å². The van der Waals surface area contributed by atoms with E-state index in [2.05, 4.69) is 4.90 Å². The number of nitrogens with zero attached hydrogens (tertiary/aromatic N) is 4. The molecular weight excluding hydrogens is 514 g/mol. The second-order valence-electron chi connectivity index (χ2n) is 10.8. The highest BCUT2D eigenvalue weighted by molar-refractivity contribution is 6.30. The molecule has 3 saturated heterocycles. The van der Waals surface area contributed by atoms with Gasteiger partial charge in [0, 0.05) is 36.9 Å². The maximum absolute atomic E-state index is 14.2. The van der Waals surface area contributed by atoms with Gasteiger partial charge in [-0.3, -0.25) is 14.4 Å². The van der Waals surface area contributed by atoms with Crippen LogP contribution in [0.25, 0.3) is 0 Å². The maximum Gasteiger partial charge on any atom is 0.261 e. The lowest BCUT2D eigenvalue weighted by molar-refractivity contribution is -0.139. The topological polar surface area (TPSA) is 90.2 Å². The Balaban J connectivity index is 1.33. The number of primary amides is 1. The largest absolute Gasteiger partial charge is 0.366 e. The first-order chi connectivity index (χ1) is 18.9. The molecule has 2 aromatic rings. The predicted octanol–water partition coefficient (Wildman–Crippen LogP) is 3.09. The summed E-state index contributed by atoms with van der Waals surface area (Å²) in [7, 11) is 0. The van der Waals surface area contributed by atoms with Gasteiger partial charge >= 0.3 is 0 Å². The molecule has 2 aromatic carbocycles. The number of nitrogens with two attached hydrogens (primary N) is 1. The summed E-state index contributed by atoms with van der Waals surface area (Å²) in [6.07, 6.45) is 5.77. The number of carbonyl (C=O) groups is 3. The van der Waals surface area contributed by atoms with E-state index in [-0.39, 0.29) is 11.8 Å². The lowest BCUT2D eigenvalue weighted by Crippen LogP contribution is -2.59. The molecule has 1 spiro atoms. The molecule has 1 radical (unpaired) electrons. The molecule has 207 valence electrons. The van der Waals surface area contributed by atoms with E-state index in [0.717, 1.165) is 43.7 Å². The summed E-state index contributed by atoms with van der Waals surface area (Å²) < 4.78 is 0. The summed E-state index contributed by atoms with van der Waals surface area (Å²) in [6.45, 7) is 4.06. The van der Waals surface area contributed by atoms with Crippen molar-refractivity contribution >= 4 is 35.0 Å². The molecule has 0 bridgehead atoms. The minimum atomic E-state index is -0.921. The van der Waals surface area contributed by atoms with Crippen LogP contribution in [0.5, 0.6) is 0 Å². The van der Waals surface area contributed by atoms with E-state index in [0.29, 0.717) is 43.9 Å². The zero-order chi connectivity index (χ0) is 27.4. The fourth-order valence-electron chi connectivity index (χ4n) is 6.28. The molecule has 2 N–H and O–H groups in total. The SMILES string of the molecule is NC(=O)[C@H]1N(CCN2CCCCC2)C(=O)C2(CCN(C(=O)[CH]Cc3ccc(Cl)cc3)CC2)N1c1ccccc1. The van der Waals surface area contributed by atoms with E-state index in [1.54, 1.807) is 16.2 Å². The molecule has 0 saturated carbocycles. The normalized spacial score (nSPS) is 21.5. The number of carbonyl (C=O) groups excluding carboxylic acids is 3. The quantitative estimate of drug-likeness (QED) is 0.545. The molecule has 0 aliphatic carbocycles. The molecule has 3 aliphatic heterocycles. The van der Waals surface area contributed by atoms with E-state index in [1.165, 1.54) is 6.42 Å². The van der Waals surface area contributed by atoms with E-state index in [9.17, 15) is 14.4 Å². The van der Waals surface area contributed by atoms with Gasteiger partial charge in [0.1, 0.15) is 5.54 Å². The third-order valence-electron chi connectivity index (χ3n) is 8.38. The predicted molar refractivity (Wildman–Crippen MR) is 152 cm³/mol. The van der Waals surface area contributed by atoms with Crippen LogP contribution in [0, 0.1) is 6.42 Å². The van der Waals surface area contributed by atoms with Crippen LogP contribution in [0.1, 0.15) is 37.7 Å². The van der Waals surface area contributed by atoms with Gasteiger partial charge in [-0.2, -0.15) is 0 Å². The number of benzene rings is 2. The van der Waals surface area contributed by atoms with Gasteiger partial charge in [-0.1, -0.05) is 48.4 Å². The highest BCUT2D eigenvalue weighted by Crippen LogP contribution is 2.42. The third kappa shape index (κ3) is 5.77. The Bertz CT molecular complexity index is 1160. The first-order valence-corrected chi connectivity index (χ1v) is 14.3. The highest BCUT2D eigenvalue weighted by Gasteiger charge is 2.60. The number of halogens is 1. The minimum absolute atomic E-state index is 0.0510. The summed E-state index contributed by atoms with van der Waals surface area (Å²) >= 11 is 5.97. The number of hydrogen-bond donors (Lipinski definition) is 1. The maximum atomic E-state index is 14.2. The molecule has 8 nitrogen and oxygen atoms in total. The van der Waals surface area contributed by atoms with Crippen LogP contribution in [0.4, 0.5) is 5.69 Å². The Morgan fingerprint density at radius 2 is 1.59 bits per heavy atom. The fourth-order valence-corrected chi connectivity index (χ4v) is 6.40. The standard InChI is InChI=1S/C30H37ClN5O3/c31-24-12-9-23(10-13-24)11-14-26(37)34-19-15-30(16-20-34)29(39)35(22-21-33-17-5-2-6-18-33)28(27(32)38)36(30)25-7-3-1-4-8-25/h1,3-4,7-10,12-14,28H,2,5-6,11,15-22H2,(H2,32,38)/t28-/m0/s1. The molecule has 5 rings (SSSR count). The van der Waals surface area contributed by atoms with Crippen LogP contribution in [0.2, 0.25) is 5.02 Å². The fraction of sp³-hybridized carbons (Fsp3) is 0.467. The second kappa shape index (κ2) is 12.0. The zero-order valence-electron chi connectivity index (χ0n) is 22.3. The van der Waals surface area contributed by atoms with Crippen molar-refractivity contribution in [3.63, 3.8) is 0 Å². The van der Waals surface area contributed by atoms with E-state index >= 15 is 0 Å². The summed E-state index contributed by atoms with van der Waals surface area (Å²) in [6, 6.07) is 17.0. The molecular formula is C30H37ClN5O3. The Morgan fingerprint density at radius 3 is 2.23 bits per heavy atom. The molecule has 9 heteroatoms. The number of hydrogen-bond acceptors (Lipinski definition) is 5. The summed E-state index contributed by atoms with van der Waals surface area (Å²) in [5, 5.41) is 0.662. The first kappa shape index (κ1) is 27.5. The first-order valence-electron chi connectivity index (χ1n) is 13.9. The second-order valence-corrected chi connectivity index (χ2v) is 11.2. The summed E-state index contributed by atoms with van der Waals surface area (Å²) in [5.74, 6) is -0.646. The van der Waals surface area contributed by atoms with Crippen LogP contribution >= 0.6 is 11.6 Å².